The molecule has 0 radical (unpaired) electrons. The molecular weight excluding hydrogens is 311 g/mol. The molecule has 2 aromatic carbocycles. The second-order valence-corrected chi connectivity index (χ2v) is 5.34. The molecule has 24 heavy (non-hydrogen) atoms. The first kappa shape index (κ1) is 15.9. The van der Waals surface area contributed by atoms with Gasteiger partial charge in [0.25, 0.3) is 5.91 Å². The van der Waals surface area contributed by atoms with Gasteiger partial charge >= 0.3 is 0 Å². The third-order valence-corrected chi connectivity index (χ3v) is 3.89. The zero-order valence-electron chi connectivity index (χ0n) is 13.6. The van der Waals surface area contributed by atoms with Crippen LogP contribution >= 0.6 is 0 Å². The number of H-pyrrole nitrogens is 1. The fraction of sp³-hybridized carbons (Fsp3) is 0.167. The standard InChI is InChI=1S/C18H17FN2O3/c1-10-13-8-11(19)4-6-14(13)21-17(10)18(22)20-12-5-7-15(23-2)16(9-12)24-3/h4-9,21H,1-3H3,(H,20,22). The van der Waals surface area contributed by atoms with Gasteiger partial charge in [-0.05, 0) is 42.8 Å². The van der Waals surface area contributed by atoms with Gasteiger partial charge in [-0.3, -0.25) is 4.79 Å². The highest BCUT2D eigenvalue weighted by atomic mass is 19.1. The van der Waals surface area contributed by atoms with E-state index in [2.05, 4.69) is 10.3 Å². The van der Waals surface area contributed by atoms with Gasteiger partial charge < -0.3 is 19.8 Å². The number of hydrogen-bond acceptors (Lipinski definition) is 3. The van der Waals surface area contributed by atoms with Gasteiger partial charge in [0.15, 0.2) is 11.5 Å². The highest BCUT2D eigenvalue weighted by molar-refractivity contribution is 6.07. The summed E-state index contributed by atoms with van der Waals surface area (Å²) in [6, 6.07) is 9.49. The molecule has 0 aliphatic carbocycles. The van der Waals surface area contributed by atoms with Gasteiger partial charge in [0.2, 0.25) is 0 Å². The molecule has 6 heteroatoms. The summed E-state index contributed by atoms with van der Waals surface area (Å²) in [5.74, 6) is 0.450. The molecule has 0 saturated heterocycles. The van der Waals surface area contributed by atoms with E-state index >= 15 is 0 Å². The lowest BCUT2D eigenvalue weighted by Crippen LogP contribution is -2.13. The van der Waals surface area contributed by atoms with E-state index in [4.69, 9.17) is 9.47 Å². The normalized spacial score (nSPS) is 10.7. The van der Waals surface area contributed by atoms with E-state index in [0.29, 0.717) is 39.3 Å². The van der Waals surface area contributed by atoms with Gasteiger partial charge in [0, 0.05) is 22.7 Å². The molecule has 1 aromatic heterocycles. The van der Waals surface area contributed by atoms with Crippen molar-refractivity contribution in [2.24, 2.45) is 0 Å². The number of aryl methyl sites for hydroxylation is 1. The van der Waals surface area contributed by atoms with Crippen molar-refractivity contribution in [3.63, 3.8) is 0 Å². The largest absolute Gasteiger partial charge is 0.493 e. The van der Waals surface area contributed by atoms with E-state index in [9.17, 15) is 9.18 Å². The summed E-state index contributed by atoms with van der Waals surface area (Å²) in [6.45, 7) is 1.78. The van der Waals surface area contributed by atoms with Gasteiger partial charge in [-0.25, -0.2) is 4.39 Å². The molecule has 0 spiro atoms. The number of aromatic nitrogens is 1. The molecule has 0 bridgehead atoms. The molecule has 3 aromatic rings. The number of ether oxygens (including phenoxy) is 2. The molecule has 0 atom stereocenters. The molecule has 124 valence electrons. The second-order valence-electron chi connectivity index (χ2n) is 5.34. The van der Waals surface area contributed by atoms with Crippen LogP contribution in [0.1, 0.15) is 16.1 Å². The van der Waals surface area contributed by atoms with Crippen LogP contribution in [0.15, 0.2) is 36.4 Å². The van der Waals surface area contributed by atoms with E-state index in [1.807, 2.05) is 0 Å². The maximum Gasteiger partial charge on any atom is 0.272 e. The number of nitrogens with one attached hydrogen (secondary N) is 2. The first-order valence-corrected chi connectivity index (χ1v) is 7.34. The van der Waals surface area contributed by atoms with Crippen LogP contribution in [-0.4, -0.2) is 25.1 Å². The summed E-state index contributed by atoms with van der Waals surface area (Å²) in [5, 5.41) is 3.49. The Hall–Kier alpha value is -3.02. The van der Waals surface area contributed by atoms with Crippen LogP contribution in [-0.2, 0) is 0 Å². The maximum atomic E-state index is 13.4. The fourth-order valence-corrected chi connectivity index (χ4v) is 2.63. The number of anilines is 1. The van der Waals surface area contributed by atoms with Crippen molar-refractivity contribution in [2.75, 3.05) is 19.5 Å². The van der Waals surface area contributed by atoms with Gasteiger partial charge in [0.05, 0.1) is 14.2 Å². The van der Waals surface area contributed by atoms with Gasteiger partial charge in [-0.2, -0.15) is 0 Å². The highest BCUT2D eigenvalue weighted by Gasteiger charge is 2.16. The van der Waals surface area contributed by atoms with E-state index in [1.165, 1.54) is 19.2 Å². The lowest BCUT2D eigenvalue weighted by molar-refractivity contribution is 0.102. The van der Waals surface area contributed by atoms with E-state index in [1.54, 1.807) is 38.3 Å². The first-order chi connectivity index (χ1) is 11.5. The van der Waals surface area contributed by atoms with Crippen LogP contribution in [0, 0.1) is 12.7 Å². The Morgan fingerprint density at radius 3 is 2.54 bits per heavy atom. The minimum absolute atomic E-state index is 0.309. The van der Waals surface area contributed by atoms with Gasteiger partial charge in [-0.15, -0.1) is 0 Å². The number of hydrogen-bond donors (Lipinski definition) is 2. The van der Waals surface area contributed by atoms with Crippen LogP contribution in [0.4, 0.5) is 10.1 Å². The van der Waals surface area contributed by atoms with Crippen molar-refractivity contribution >= 4 is 22.5 Å². The van der Waals surface area contributed by atoms with E-state index in [-0.39, 0.29) is 11.7 Å². The van der Waals surface area contributed by atoms with Crippen molar-refractivity contribution in [1.29, 1.82) is 0 Å². The Balaban J connectivity index is 1.91. The molecule has 1 amide bonds. The number of amides is 1. The van der Waals surface area contributed by atoms with Crippen LogP contribution in [0.3, 0.4) is 0 Å². The minimum Gasteiger partial charge on any atom is -0.493 e. The van der Waals surface area contributed by atoms with Crippen molar-refractivity contribution in [3.8, 4) is 11.5 Å². The Morgan fingerprint density at radius 1 is 1.08 bits per heavy atom. The Morgan fingerprint density at radius 2 is 1.83 bits per heavy atom. The number of carbonyl (C=O) groups excluding carboxylic acids is 1. The van der Waals surface area contributed by atoms with Gasteiger partial charge in [0.1, 0.15) is 11.5 Å². The van der Waals surface area contributed by atoms with Crippen LogP contribution < -0.4 is 14.8 Å². The van der Waals surface area contributed by atoms with Crippen LogP contribution in [0.25, 0.3) is 10.9 Å². The van der Waals surface area contributed by atoms with Crippen molar-refractivity contribution in [1.82, 2.24) is 4.98 Å². The lowest BCUT2D eigenvalue weighted by atomic mass is 10.1. The predicted octanol–water partition coefficient (Wildman–Crippen LogP) is 3.88. The smallest absolute Gasteiger partial charge is 0.272 e. The molecule has 1 heterocycles. The summed E-state index contributed by atoms with van der Waals surface area (Å²) < 4.78 is 23.8. The van der Waals surface area contributed by atoms with Crippen LogP contribution in [0.5, 0.6) is 11.5 Å². The van der Waals surface area contributed by atoms with Gasteiger partial charge in [-0.1, -0.05) is 0 Å². The third-order valence-electron chi connectivity index (χ3n) is 3.89. The SMILES string of the molecule is COc1ccc(NC(=O)c2[nH]c3ccc(F)cc3c2C)cc1OC. The molecular formula is C18H17FN2O3. The monoisotopic (exact) mass is 328 g/mol. The molecule has 3 rings (SSSR count). The Bertz CT molecular complexity index is 918. The topological polar surface area (TPSA) is 63.3 Å². The number of halogens is 1. The highest BCUT2D eigenvalue weighted by Crippen LogP contribution is 2.30. The third kappa shape index (κ3) is 2.78. The van der Waals surface area contributed by atoms with Crippen molar-refractivity contribution < 1.29 is 18.7 Å². The van der Waals surface area contributed by atoms with Crippen molar-refractivity contribution in [2.45, 2.75) is 6.92 Å². The molecule has 2 N–H and O–H groups in total. The fourth-order valence-electron chi connectivity index (χ4n) is 2.63. The summed E-state index contributed by atoms with van der Waals surface area (Å²) in [4.78, 5) is 15.6. The number of methoxy groups -OCH3 is 2. The lowest BCUT2D eigenvalue weighted by Gasteiger charge is -2.10. The molecule has 5 nitrogen and oxygen atoms in total. The van der Waals surface area contributed by atoms with E-state index < -0.39 is 0 Å². The number of carbonyl (C=O) groups is 1. The number of fused-ring (bicyclic) bond motifs is 1. The zero-order chi connectivity index (χ0) is 17.3. The Kier molecular flexibility index (Phi) is 4.12. The maximum absolute atomic E-state index is 13.4. The van der Waals surface area contributed by atoms with Crippen molar-refractivity contribution in [3.05, 3.63) is 53.5 Å². The summed E-state index contributed by atoms with van der Waals surface area (Å²) in [7, 11) is 3.07. The second kappa shape index (κ2) is 6.23. The quantitative estimate of drug-likeness (QED) is 0.764. The first-order valence-electron chi connectivity index (χ1n) is 7.34. The van der Waals surface area contributed by atoms with E-state index in [0.717, 1.165) is 0 Å². The zero-order valence-corrected chi connectivity index (χ0v) is 13.6. The summed E-state index contributed by atoms with van der Waals surface area (Å²) in [5.41, 5.74) is 2.38. The molecule has 0 fully saturated rings. The predicted molar refractivity (Wildman–Crippen MR) is 90.5 cm³/mol. The number of aromatic amines is 1. The molecule has 0 saturated carbocycles. The Labute approximate surface area is 138 Å². The average molecular weight is 328 g/mol. The van der Waals surface area contributed by atoms with Crippen LogP contribution in [0.2, 0.25) is 0 Å². The molecule has 0 unspecified atom stereocenters. The number of benzene rings is 2. The molecule has 0 aliphatic rings. The molecule has 0 aliphatic heterocycles. The number of rotatable bonds is 4. The average Bonchev–Trinajstić information content (AvgIpc) is 2.91. The summed E-state index contributed by atoms with van der Waals surface area (Å²) >= 11 is 0. The summed E-state index contributed by atoms with van der Waals surface area (Å²) in [6.07, 6.45) is 0. The minimum atomic E-state index is -0.337.